The molecule has 84 valence electrons. The second-order valence-corrected chi connectivity index (χ2v) is 5.63. The predicted octanol–water partition coefficient (Wildman–Crippen LogP) is -1.16. The number of carbonyl (C=O) groups excluding carboxylic acids is 1. The molecule has 9 heteroatoms. The van der Waals surface area contributed by atoms with Crippen molar-refractivity contribution in [2.24, 2.45) is 12.0 Å². The first-order valence-electron chi connectivity index (χ1n) is 3.90. The van der Waals surface area contributed by atoms with Crippen molar-refractivity contribution in [3.05, 3.63) is 4.80 Å². The molecule has 15 heavy (non-hydrogen) atoms. The van der Waals surface area contributed by atoms with Crippen LogP contribution in [-0.4, -0.2) is 31.2 Å². The Labute approximate surface area is 90.5 Å². The highest BCUT2D eigenvalue weighted by atomic mass is 32.2. The maximum absolute atomic E-state index is 11.3. The summed E-state index contributed by atoms with van der Waals surface area (Å²) in [6.45, 7) is 1.28. The second-order valence-electron chi connectivity index (χ2n) is 2.61. The third-order valence-corrected chi connectivity index (χ3v) is 4.22. The van der Waals surface area contributed by atoms with Crippen LogP contribution < -0.4 is 9.52 Å². The molecule has 0 aliphatic rings. The number of hydrogen-bond donors (Lipinski definition) is 1. The smallest absolute Gasteiger partial charge is 0.269 e. The van der Waals surface area contributed by atoms with Gasteiger partial charge in [0.15, 0.2) is 0 Å². The van der Waals surface area contributed by atoms with Crippen LogP contribution in [0, 0.1) is 0 Å². The first kappa shape index (κ1) is 12.0. The third kappa shape index (κ3) is 2.70. The average Bonchev–Trinajstić information content (AvgIpc) is 2.48. The van der Waals surface area contributed by atoms with Gasteiger partial charge >= 0.3 is 0 Å². The number of sulfonamides is 1. The topological polar surface area (TPSA) is 93.4 Å². The van der Waals surface area contributed by atoms with E-state index in [1.807, 2.05) is 0 Å². The third-order valence-electron chi connectivity index (χ3n) is 1.44. The molecule has 0 saturated carbocycles. The zero-order valence-corrected chi connectivity index (χ0v) is 10.0. The minimum absolute atomic E-state index is 0.118. The number of hydrogen-bond acceptors (Lipinski definition) is 5. The van der Waals surface area contributed by atoms with Gasteiger partial charge in [0, 0.05) is 14.0 Å². The van der Waals surface area contributed by atoms with Crippen LogP contribution in [0.3, 0.4) is 0 Å². The van der Waals surface area contributed by atoms with E-state index in [4.69, 9.17) is 0 Å². The van der Waals surface area contributed by atoms with Crippen LogP contribution in [0.4, 0.5) is 0 Å². The van der Waals surface area contributed by atoms with Gasteiger partial charge in [-0.15, -0.1) is 5.10 Å². The molecule has 0 spiro atoms. The van der Waals surface area contributed by atoms with Gasteiger partial charge in [0.05, 0.1) is 0 Å². The highest BCUT2D eigenvalue weighted by molar-refractivity contribution is 7.91. The molecular formula is C6H10N4O3S2. The Morgan fingerprint density at radius 2 is 2.20 bits per heavy atom. The number of amides is 1. The van der Waals surface area contributed by atoms with Gasteiger partial charge in [-0.3, -0.25) is 4.79 Å². The van der Waals surface area contributed by atoms with Crippen LogP contribution in [0.25, 0.3) is 0 Å². The SMILES string of the molecule is CNS(=O)(=O)c1nn(C)c(=NC(C)=O)s1. The van der Waals surface area contributed by atoms with Gasteiger partial charge < -0.3 is 0 Å². The van der Waals surface area contributed by atoms with E-state index in [9.17, 15) is 13.2 Å². The first-order valence-corrected chi connectivity index (χ1v) is 6.20. The molecule has 1 heterocycles. The van der Waals surface area contributed by atoms with Gasteiger partial charge in [-0.05, 0) is 7.05 Å². The van der Waals surface area contributed by atoms with Crippen molar-refractivity contribution in [3.63, 3.8) is 0 Å². The summed E-state index contributed by atoms with van der Waals surface area (Å²) in [5, 5.41) is 3.74. The van der Waals surface area contributed by atoms with E-state index in [1.165, 1.54) is 25.7 Å². The van der Waals surface area contributed by atoms with Crippen molar-refractivity contribution >= 4 is 27.3 Å². The molecule has 0 bridgehead atoms. The molecule has 1 N–H and O–H groups in total. The van der Waals surface area contributed by atoms with E-state index < -0.39 is 15.9 Å². The zero-order valence-electron chi connectivity index (χ0n) is 8.38. The van der Waals surface area contributed by atoms with Crippen molar-refractivity contribution in [2.45, 2.75) is 11.3 Å². The van der Waals surface area contributed by atoms with Gasteiger partial charge in [-0.2, -0.15) is 4.99 Å². The molecule has 0 atom stereocenters. The lowest BCUT2D eigenvalue weighted by molar-refractivity contribution is -0.116. The minimum atomic E-state index is -3.57. The molecule has 0 aromatic carbocycles. The van der Waals surface area contributed by atoms with Crippen molar-refractivity contribution in [1.29, 1.82) is 0 Å². The number of aryl methyl sites for hydroxylation is 1. The van der Waals surface area contributed by atoms with Gasteiger partial charge in [-0.1, -0.05) is 11.3 Å². The van der Waals surface area contributed by atoms with Crippen molar-refractivity contribution in [3.8, 4) is 0 Å². The monoisotopic (exact) mass is 250 g/mol. The Bertz CT molecular complexity index is 539. The fraction of sp³-hybridized carbons (Fsp3) is 0.500. The molecule has 1 amide bonds. The van der Waals surface area contributed by atoms with Crippen molar-refractivity contribution < 1.29 is 13.2 Å². The standard InChI is InChI=1S/C6H10N4O3S2/c1-4(11)8-5-10(3)9-6(14-5)15(12,13)7-2/h7H,1-3H3. The summed E-state index contributed by atoms with van der Waals surface area (Å²) in [4.78, 5) is 14.6. The molecule has 0 radical (unpaired) electrons. The summed E-state index contributed by atoms with van der Waals surface area (Å²) in [5.74, 6) is -0.400. The fourth-order valence-corrected chi connectivity index (χ4v) is 2.74. The summed E-state index contributed by atoms with van der Waals surface area (Å²) >= 11 is 0.833. The van der Waals surface area contributed by atoms with Crippen LogP contribution in [0.15, 0.2) is 9.33 Å². The molecule has 1 rings (SSSR count). The van der Waals surface area contributed by atoms with E-state index in [0.29, 0.717) is 0 Å². The van der Waals surface area contributed by atoms with Gasteiger partial charge in [0.25, 0.3) is 10.0 Å². The Hall–Kier alpha value is -1.06. The summed E-state index contributed by atoms with van der Waals surface area (Å²) < 4.78 is 26.0. The van der Waals surface area contributed by atoms with Gasteiger partial charge in [0.1, 0.15) is 0 Å². The summed E-state index contributed by atoms with van der Waals surface area (Å²) in [5.41, 5.74) is 0. The number of aromatic nitrogens is 2. The average molecular weight is 250 g/mol. The molecule has 7 nitrogen and oxygen atoms in total. The number of nitrogens with zero attached hydrogens (tertiary/aromatic N) is 3. The quantitative estimate of drug-likeness (QED) is 0.716. The lowest BCUT2D eigenvalue weighted by Crippen LogP contribution is -2.18. The van der Waals surface area contributed by atoms with E-state index in [0.717, 1.165) is 11.3 Å². The Morgan fingerprint density at radius 1 is 1.60 bits per heavy atom. The van der Waals surface area contributed by atoms with Crippen LogP contribution in [0.2, 0.25) is 0 Å². The first-order chi connectivity index (χ1) is 6.86. The molecule has 0 unspecified atom stereocenters. The molecule has 0 saturated heterocycles. The van der Waals surface area contributed by atoms with Crippen LogP contribution >= 0.6 is 11.3 Å². The molecule has 0 aliphatic heterocycles. The fourth-order valence-electron chi connectivity index (χ4n) is 0.756. The van der Waals surface area contributed by atoms with E-state index in [1.54, 1.807) is 0 Å². The molecule has 1 aromatic heterocycles. The van der Waals surface area contributed by atoms with Crippen LogP contribution in [0.1, 0.15) is 6.92 Å². The minimum Gasteiger partial charge on any atom is -0.273 e. The van der Waals surface area contributed by atoms with E-state index in [-0.39, 0.29) is 9.14 Å². The maximum Gasteiger partial charge on any atom is 0.269 e. The highest BCUT2D eigenvalue weighted by Crippen LogP contribution is 2.06. The Balaban J connectivity index is 3.36. The lowest BCUT2D eigenvalue weighted by Gasteiger charge is -1.93. The summed E-state index contributed by atoms with van der Waals surface area (Å²) in [6.07, 6.45) is 0. The predicted molar refractivity (Wildman–Crippen MR) is 53.6 cm³/mol. The molecule has 1 aromatic rings. The van der Waals surface area contributed by atoms with Gasteiger partial charge in [-0.25, -0.2) is 17.8 Å². The molecule has 0 aliphatic carbocycles. The normalized spacial score (nSPS) is 13.1. The Kier molecular flexibility index (Phi) is 3.37. The Morgan fingerprint density at radius 3 is 2.67 bits per heavy atom. The number of rotatable bonds is 2. The van der Waals surface area contributed by atoms with E-state index >= 15 is 0 Å². The number of carbonyl (C=O) groups is 1. The van der Waals surface area contributed by atoms with Crippen LogP contribution in [-0.2, 0) is 21.9 Å². The highest BCUT2D eigenvalue weighted by Gasteiger charge is 2.17. The summed E-state index contributed by atoms with van der Waals surface area (Å²) in [7, 11) is -0.759. The number of nitrogens with one attached hydrogen (secondary N) is 1. The molecular weight excluding hydrogens is 240 g/mol. The van der Waals surface area contributed by atoms with E-state index in [2.05, 4.69) is 14.8 Å². The largest absolute Gasteiger partial charge is 0.273 e. The van der Waals surface area contributed by atoms with Crippen molar-refractivity contribution in [2.75, 3.05) is 7.05 Å². The second kappa shape index (κ2) is 4.21. The lowest BCUT2D eigenvalue weighted by atomic mass is 10.8. The summed E-state index contributed by atoms with van der Waals surface area (Å²) in [6, 6.07) is 0. The van der Waals surface area contributed by atoms with Crippen LogP contribution in [0.5, 0.6) is 0 Å². The van der Waals surface area contributed by atoms with Gasteiger partial charge in [0.2, 0.25) is 15.0 Å². The van der Waals surface area contributed by atoms with Crippen molar-refractivity contribution in [1.82, 2.24) is 14.5 Å². The zero-order chi connectivity index (χ0) is 11.6. The molecule has 0 fully saturated rings. The maximum atomic E-state index is 11.3.